The van der Waals surface area contributed by atoms with Crippen molar-refractivity contribution in [2.24, 2.45) is 11.3 Å². The average Bonchev–Trinajstić information content (AvgIpc) is 2.78. The number of hydrogen-bond donors (Lipinski definition) is 1. The fourth-order valence-corrected chi connectivity index (χ4v) is 4.83. The maximum Gasteiger partial charge on any atom is 0.255 e. The molecule has 190 valence electrons. The summed E-state index contributed by atoms with van der Waals surface area (Å²) in [6.45, 7) is 7.55. The van der Waals surface area contributed by atoms with Crippen molar-refractivity contribution in [1.29, 1.82) is 0 Å². The van der Waals surface area contributed by atoms with Gasteiger partial charge >= 0.3 is 0 Å². The van der Waals surface area contributed by atoms with Crippen molar-refractivity contribution in [3.05, 3.63) is 42.1 Å². The highest BCUT2D eigenvalue weighted by Crippen LogP contribution is 2.32. The Morgan fingerprint density at radius 2 is 1.77 bits per heavy atom. The molecule has 1 N–H and O–H groups in total. The van der Waals surface area contributed by atoms with E-state index >= 15 is 0 Å². The van der Waals surface area contributed by atoms with E-state index in [2.05, 4.69) is 31.1 Å². The number of sulfone groups is 1. The Hall–Kier alpha value is -2.94. The average molecular weight is 502 g/mol. The zero-order valence-electron chi connectivity index (χ0n) is 21.1. The molecule has 1 saturated heterocycles. The summed E-state index contributed by atoms with van der Waals surface area (Å²) in [4.78, 5) is 31.8. The summed E-state index contributed by atoms with van der Waals surface area (Å²) in [6.07, 6.45) is 5.25. The van der Waals surface area contributed by atoms with Crippen LogP contribution in [-0.4, -0.2) is 51.5 Å². The molecule has 8 nitrogen and oxygen atoms in total. The van der Waals surface area contributed by atoms with Gasteiger partial charge in [0.25, 0.3) is 5.91 Å². The van der Waals surface area contributed by atoms with Crippen LogP contribution in [0, 0.1) is 11.3 Å². The predicted molar refractivity (Wildman–Crippen MR) is 137 cm³/mol. The summed E-state index contributed by atoms with van der Waals surface area (Å²) >= 11 is 0. The van der Waals surface area contributed by atoms with Crippen molar-refractivity contribution in [1.82, 2.24) is 4.98 Å². The number of hydrogen-bond acceptors (Lipinski definition) is 7. The number of ketones is 1. The van der Waals surface area contributed by atoms with E-state index in [1.807, 2.05) is 4.90 Å². The number of ether oxygens (including phenoxy) is 1. The number of nitrogens with one attached hydrogen (secondary N) is 1. The van der Waals surface area contributed by atoms with Gasteiger partial charge in [0.2, 0.25) is 0 Å². The highest BCUT2D eigenvalue weighted by atomic mass is 32.2. The number of rotatable bonds is 8. The third kappa shape index (κ3) is 7.52. The van der Waals surface area contributed by atoms with Gasteiger partial charge in [0.1, 0.15) is 11.5 Å². The summed E-state index contributed by atoms with van der Waals surface area (Å²) in [5, 5.41) is 2.84. The van der Waals surface area contributed by atoms with Crippen molar-refractivity contribution in [2.45, 2.75) is 51.3 Å². The molecule has 0 spiro atoms. The fraction of sp³-hybridized carbons (Fsp3) is 0.500. The number of methoxy groups -OCH3 is 1. The molecule has 1 amide bonds. The lowest BCUT2D eigenvalue weighted by molar-refractivity contribution is -0.121. The van der Waals surface area contributed by atoms with Gasteiger partial charge in [-0.15, -0.1) is 0 Å². The minimum atomic E-state index is -3.51. The van der Waals surface area contributed by atoms with Crippen molar-refractivity contribution in [2.75, 3.05) is 36.7 Å². The second-order valence-electron chi connectivity index (χ2n) is 10.4. The molecule has 0 radical (unpaired) electrons. The lowest BCUT2D eigenvalue weighted by Gasteiger charge is -2.34. The van der Waals surface area contributed by atoms with E-state index in [4.69, 9.17) is 4.74 Å². The standard InChI is InChI=1S/C26H35N3O5S/c1-26(2,3)16-20(30)14-18-10-12-29(13-11-18)24-23(15-22(17-27-24)35(5,32)33)28-25(31)19-6-8-21(34-4)9-7-19/h6-9,15,17-18H,10-14,16H2,1-5H3,(H,28,31). The molecule has 1 fully saturated rings. The SMILES string of the molecule is COc1ccc(C(=O)Nc2cc(S(C)(=O)=O)cnc2N2CCC(CC(=O)CC(C)(C)C)CC2)cc1. The zero-order valence-corrected chi connectivity index (χ0v) is 21.9. The number of aromatic nitrogens is 1. The van der Waals surface area contributed by atoms with Crippen molar-refractivity contribution >= 4 is 33.0 Å². The summed E-state index contributed by atoms with van der Waals surface area (Å²) in [5.74, 6) is 1.39. The second kappa shape index (κ2) is 10.8. The number of Topliss-reactive ketones (excluding diaryl/α,β-unsaturated/α-hetero) is 1. The molecule has 2 heterocycles. The maximum absolute atomic E-state index is 12.9. The summed E-state index contributed by atoms with van der Waals surface area (Å²) in [5.41, 5.74) is 0.744. The Balaban J connectivity index is 1.76. The van der Waals surface area contributed by atoms with E-state index in [1.165, 1.54) is 12.3 Å². The van der Waals surface area contributed by atoms with Crippen LogP contribution < -0.4 is 15.0 Å². The fourth-order valence-electron chi connectivity index (χ4n) is 4.26. The molecule has 3 rings (SSSR count). The number of nitrogens with zero attached hydrogens (tertiary/aromatic N) is 2. The number of carbonyl (C=O) groups excluding carboxylic acids is 2. The van der Waals surface area contributed by atoms with E-state index in [0.717, 1.165) is 19.1 Å². The van der Waals surface area contributed by atoms with Crippen LogP contribution >= 0.6 is 0 Å². The number of anilines is 2. The van der Waals surface area contributed by atoms with Crippen LogP contribution in [0.5, 0.6) is 5.75 Å². The molecule has 0 unspecified atom stereocenters. The topological polar surface area (TPSA) is 106 Å². The summed E-state index contributed by atoms with van der Waals surface area (Å²) in [7, 11) is -1.96. The number of carbonyl (C=O) groups is 2. The Morgan fingerprint density at radius 3 is 2.31 bits per heavy atom. The lowest BCUT2D eigenvalue weighted by atomic mass is 9.84. The number of piperidine rings is 1. The Bertz CT molecular complexity index is 1160. The quantitative estimate of drug-likeness (QED) is 0.573. The number of benzene rings is 1. The molecule has 0 bridgehead atoms. The molecule has 35 heavy (non-hydrogen) atoms. The first-order chi connectivity index (χ1) is 16.4. The van der Waals surface area contributed by atoms with Gasteiger partial charge in [0.05, 0.1) is 17.7 Å². The summed E-state index contributed by atoms with van der Waals surface area (Å²) in [6, 6.07) is 8.11. The zero-order chi connectivity index (χ0) is 25.8. The van der Waals surface area contributed by atoms with Gasteiger partial charge in [-0.05, 0) is 54.5 Å². The third-order valence-corrected chi connectivity index (χ3v) is 7.11. The smallest absolute Gasteiger partial charge is 0.255 e. The molecular weight excluding hydrogens is 466 g/mol. The van der Waals surface area contributed by atoms with Crippen LogP contribution in [0.25, 0.3) is 0 Å². The van der Waals surface area contributed by atoms with Crippen LogP contribution in [0.4, 0.5) is 11.5 Å². The first-order valence-electron chi connectivity index (χ1n) is 11.8. The van der Waals surface area contributed by atoms with Gasteiger partial charge in [0, 0.05) is 43.9 Å². The van der Waals surface area contributed by atoms with E-state index in [1.54, 1.807) is 31.4 Å². The Kier molecular flexibility index (Phi) is 8.20. The second-order valence-corrected chi connectivity index (χ2v) is 12.4. The molecule has 2 aromatic rings. The molecular formula is C26H35N3O5S. The highest BCUT2D eigenvalue weighted by Gasteiger charge is 2.26. The van der Waals surface area contributed by atoms with Gasteiger partial charge in [-0.1, -0.05) is 20.8 Å². The molecule has 1 aliphatic rings. The molecule has 1 aromatic carbocycles. The molecule has 0 aliphatic carbocycles. The largest absolute Gasteiger partial charge is 0.497 e. The normalized spacial score (nSPS) is 15.1. The lowest BCUT2D eigenvalue weighted by Crippen LogP contribution is -2.36. The molecule has 1 aliphatic heterocycles. The third-order valence-electron chi connectivity index (χ3n) is 6.03. The van der Waals surface area contributed by atoms with Crippen LogP contribution in [-0.2, 0) is 14.6 Å². The van der Waals surface area contributed by atoms with E-state index in [-0.39, 0.29) is 16.2 Å². The Morgan fingerprint density at radius 1 is 1.14 bits per heavy atom. The van der Waals surface area contributed by atoms with Crippen LogP contribution in [0.3, 0.4) is 0 Å². The van der Waals surface area contributed by atoms with Gasteiger partial charge in [-0.25, -0.2) is 13.4 Å². The van der Waals surface area contributed by atoms with Crippen molar-refractivity contribution < 1.29 is 22.7 Å². The van der Waals surface area contributed by atoms with Crippen molar-refractivity contribution in [3.63, 3.8) is 0 Å². The minimum absolute atomic E-state index is 0.0138. The van der Waals surface area contributed by atoms with Gasteiger partial charge in [-0.2, -0.15) is 0 Å². The molecule has 1 aromatic heterocycles. The van der Waals surface area contributed by atoms with E-state index in [9.17, 15) is 18.0 Å². The monoisotopic (exact) mass is 501 g/mol. The number of pyridine rings is 1. The van der Waals surface area contributed by atoms with Crippen LogP contribution in [0.15, 0.2) is 41.4 Å². The van der Waals surface area contributed by atoms with Crippen LogP contribution in [0.2, 0.25) is 0 Å². The first-order valence-corrected chi connectivity index (χ1v) is 13.7. The first kappa shape index (κ1) is 26.7. The molecule has 0 saturated carbocycles. The van der Waals surface area contributed by atoms with Crippen LogP contribution in [0.1, 0.15) is 56.8 Å². The maximum atomic E-state index is 12.9. The van der Waals surface area contributed by atoms with E-state index < -0.39 is 9.84 Å². The summed E-state index contributed by atoms with van der Waals surface area (Å²) < 4.78 is 29.4. The van der Waals surface area contributed by atoms with Gasteiger partial charge < -0.3 is 15.0 Å². The highest BCUT2D eigenvalue weighted by molar-refractivity contribution is 7.90. The molecule has 0 atom stereocenters. The van der Waals surface area contributed by atoms with E-state index in [0.29, 0.717) is 60.5 Å². The number of amides is 1. The van der Waals surface area contributed by atoms with Crippen molar-refractivity contribution in [3.8, 4) is 5.75 Å². The minimum Gasteiger partial charge on any atom is -0.497 e. The Labute approximate surface area is 208 Å². The van der Waals surface area contributed by atoms with Gasteiger partial charge in [-0.3, -0.25) is 9.59 Å². The molecule has 9 heteroatoms. The van der Waals surface area contributed by atoms with Gasteiger partial charge in [0.15, 0.2) is 15.7 Å². The predicted octanol–water partition coefficient (Wildman–Crippen LogP) is 4.36.